The number of cyclic esters (lactones) is 2. The van der Waals surface area contributed by atoms with Crippen molar-refractivity contribution in [3.63, 3.8) is 0 Å². The van der Waals surface area contributed by atoms with E-state index in [1.165, 1.54) is 6.08 Å². The van der Waals surface area contributed by atoms with Crippen molar-refractivity contribution in [3.05, 3.63) is 35.5 Å². The largest absolute Gasteiger partial charge is 0.550 e. The van der Waals surface area contributed by atoms with Gasteiger partial charge in [-0.1, -0.05) is 30.7 Å². The van der Waals surface area contributed by atoms with Gasteiger partial charge in [0.05, 0.1) is 11.1 Å². The number of rotatable bonds is 9. The maximum Gasteiger partial charge on any atom is 0.346 e. The quantitative estimate of drug-likeness (QED) is 0.279. The van der Waals surface area contributed by atoms with E-state index in [-0.39, 0.29) is 11.1 Å². The molecule has 0 aromatic heterocycles. The first-order valence-electron chi connectivity index (χ1n) is 7.03. The van der Waals surface area contributed by atoms with Gasteiger partial charge < -0.3 is 14.6 Å². The Balaban J connectivity index is 2.48. The molecule has 0 amide bonds. The van der Waals surface area contributed by atoms with Gasteiger partial charge in [0.25, 0.3) is 0 Å². The van der Waals surface area contributed by atoms with Gasteiger partial charge in [0, 0.05) is 12.4 Å². The van der Waals surface area contributed by atoms with Gasteiger partial charge in [0.2, 0.25) is 0 Å². The predicted octanol–water partition coefficient (Wildman–Crippen LogP) is 1.59. The molecule has 0 N–H and O–H groups in total. The molecule has 5 nitrogen and oxygen atoms in total. The summed E-state index contributed by atoms with van der Waals surface area (Å²) >= 11 is 0. The van der Waals surface area contributed by atoms with Crippen LogP contribution in [-0.2, 0) is 19.1 Å². The third-order valence-corrected chi connectivity index (χ3v) is 3.06. The van der Waals surface area contributed by atoms with E-state index in [4.69, 9.17) is 0 Å². The molecule has 21 heavy (non-hydrogen) atoms. The number of esters is 2. The SMILES string of the molecule is C/C=C/CCCCC/C=C/C1=C(CC(=O)[O-])C(=O)OC1=O. The average molecular weight is 291 g/mol. The van der Waals surface area contributed by atoms with Gasteiger partial charge in [-0.05, 0) is 32.6 Å². The Bertz CT molecular complexity index is 497. The fourth-order valence-corrected chi connectivity index (χ4v) is 1.98. The van der Waals surface area contributed by atoms with Crippen molar-refractivity contribution in [2.75, 3.05) is 0 Å². The molecule has 0 saturated carbocycles. The van der Waals surface area contributed by atoms with Crippen molar-refractivity contribution in [1.82, 2.24) is 0 Å². The van der Waals surface area contributed by atoms with E-state index in [1.807, 2.05) is 13.0 Å². The number of unbranched alkanes of at least 4 members (excludes halogenated alkanes) is 4. The Hall–Kier alpha value is -2.17. The van der Waals surface area contributed by atoms with Crippen LogP contribution in [0.15, 0.2) is 35.5 Å². The Morgan fingerprint density at radius 1 is 1.10 bits per heavy atom. The zero-order valence-electron chi connectivity index (χ0n) is 12.1. The zero-order chi connectivity index (χ0) is 15.7. The van der Waals surface area contributed by atoms with Gasteiger partial charge in [0.15, 0.2) is 0 Å². The first kappa shape index (κ1) is 16.9. The highest BCUT2D eigenvalue weighted by molar-refractivity contribution is 6.15. The number of aliphatic carboxylic acids is 1. The molecule has 1 rings (SSSR count). The summed E-state index contributed by atoms with van der Waals surface area (Å²) in [6.07, 6.45) is 11.7. The van der Waals surface area contributed by atoms with E-state index in [1.54, 1.807) is 6.08 Å². The Kier molecular flexibility index (Phi) is 7.15. The minimum absolute atomic E-state index is 0.0260. The number of allylic oxidation sites excluding steroid dienone is 3. The third-order valence-electron chi connectivity index (χ3n) is 3.06. The first-order chi connectivity index (χ1) is 10.1. The minimum atomic E-state index is -1.41. The summed E-state index contributed by atoms with van der Waals surface area (Å²) in [5.41, 5.74) is -0.109. The van der Waals surface area contributed by atoms with E-state index in [0.717, 1.165) is 32.1 Å². The molecule has 114 valence electrons. The van der Waals surface area contributed by atoms with Crippen LogP contribution in [-0.4, -0.2) is 17.9 Å². The summed E-state index contributed by atoms with van der Waals surface area (Å²) in [7, 11) is 0. The summed E-state index contributed by atoms with van der Waals surface area (Å²) in [6, 6.07) is 0. The van der Waals surface area contributed by atoms with Crippen molar-refractivity contribution in [2.24, 2.45) is 0 Å². The molecule has 0 atom stereocenters. The molecule has 0 aromatic carbocycles. The lowest BCUT2D eigenvalue weighted by Crippen LogP contribution is -2.23. The van der Waals surface area contributed by atoms with Crippen molar-refractivity contribution >= 4 is 17.9 Å². The maximum atomic E-state index is 11.4. The molecule has 1 aliphatic heterocycles. The summed E-state index contributed by atoms with van der Waals surface area (Å²) < 4.78 is 4.41. The van der Waals surface area contributed by atoms with Gasteiger partial charge in [0.1, 0.15) is 0 Å². The monoisotopic (exact) mass is 291 g/mol. The molecule has 0 unspecified atom stereocenters. The molecule has 0 saturated heterocycles. The molecular weight excluding hydrogens is 272 g/mol. The summed E-state index contributed by atoms with van der Waals surface area (Å²) in [6.45, 7) is 1.99. The highest BCUT2D eigenvalue weighted by atomic mass is 16.6. The summed E-state index contributed by atoms with van der Waals surface area (Å²) in [4.78, 5) is 33.3. The highest BCUT2D eigenvalue weighted by Gasteiger charge is 2.30. The van der Waals surface area contributed by atoms with Crippen LogP contribution < -0.4 is 5.11 Å². The second kappa shape index (κ2) is 8.89. The fourth-order valence-electron chi connectivity index (χ4n) is 1.98. The van der Waals surface area contributed by atoms with Crippen molar-refractivity contribution in [1.29, 1.82) is 0 Å². The second-order valence-corrected chi connectivity index (χ2v) is 4.73. The number of hydrogen-bond donors (Lipinski definition) is 0. The lowest BCUT2D eigenvalue weighted by atomic mass is 10.1. The predicted molar refractivity (Wildman–Crippen MR) is 74.8 cm³/mol. The molecule has 0 bridgehead atoms. The smallest absolute Gasteiger partial charge is 0.346 e. The van der Waals surface area contributed by atoms with Crippen LogP contribution in [0.1, 0.15) is 45.4 Å². The van der Waals surface area contributed by atoms with Crippen molar-refractivity contribution in [2.45, 2.75) is 45.4 Å². The van der Waals surface area contributed by atoms with E-state index < -0.39 is 24.3 Å². The Morgan fingerprint density at radius 3 is 2.38 bits per heavy atom. The molecule has 0 fully saturated rings. The second-order valence-electron chi connectivity index (χ2n) is 4.73. The van der Waals surface area contributed by atoms with Crippen LogP contribution in [0.4, 0.5) is 0 Å². The normalized spacial score (nSPS) is 15.5. The van der Waals surface area contributed by atoms with Gasteiger partial charge in [-0.15, -0.1) is 0 Å². The first-order valence-corrected chi connectivity index (χ1v) is 7.03. The summed E-state index contributed by atoms with van der Waals surface area (Å²) in [5, 5.41) is 10.6. The van der Waals surface area contributed by atoms with Crippen LogP contribution in [0.2, 0.25) is 0 Å². The van der Waals surface area contributed by atoms with E-state index in [2.05, 4.69) is 10.8 Å². The molecule has 5 heteroatoms. The Labute approximate surface area is 124 Å². The zero-order valence-corrected chi connectivity index (χ0v) is 12.1. The van der Waals surface area contributed by atoms with Crippen molar-refractivity contribution < 1.29 is 24.2 Å². The number of hydrogen-bond acceptors (Lipinski definition) is 5. The van der Waals surface area contributed by atoms with E-state index >= 15 is 0 Å². The molecule has 0 radical (unpaired) electrons. The number of carboxylic acids is 1. The van der Waals surface area contributed by atoms with Crippen LogP contribution in [0.5, 0.6) is 0 Å². The van der Waals surface area contributed by atoms with Gasteiger partial charge in [-0.2, -0.15) is 0 Å². The molecule has 0 aromatic rings. The third kappa shape index (κ3) is 5.77. The van der Waals surface area contributed by atoms with Gasteiger partial charge in [-0.25, -0.2) is 9.59 Å². The van der Waals surface area contributed by atoms with Crippen LogP contribution in [0.25, 0.3) is 0 Å². The van der Waals surface area contributed by atoms with Gasteiger partial charge in [-0.3, -0.25) is 0 Å². The minimum Gasteiger partial charge on any atom is -0.550 e. The standard InChI is InChI=1S/C16H20O5/c1-2-3-4-5-6-7-8-9-10-12-13(11-14(17)18)16(20)21-15(12)19/h2-3,9-10H,4-8,11H2,1H3,(H,17,18)/p-1/b3-2+,10-9+. The fraction of sp³-hybridized carbons (Fsp3) is 0.438. The highest BCUT2D eigenvalue weighted by Crippen LogP contribution is 2.21. The average Bonchev–Trinajstić information content (AvgIpc) is 2.67. The maximum absolute atomic E-state index is 11.4. The number of carbonyl (C=O) groups is 3. The molecular formula is C16H19O5-. The number of ether oxygens (including phenoxy) is 1. The van der Waals surface area contributed by atoms with Crippen LogP contribution in [0, 0.1) is 0 Å². The lowest BCUT2D eigenvalue weighted by molar-refractivity contribution is -0.304. The number of carboxylic acid groups (broad SMARTS) is 1. The Morgan fingerprint density at radius 2 is 1.76 bits per heavy atom. The van der Waals surface area contributed by atoms with E-state index in [0.29, 0.717) is 0 Å². The molecule has 0 spiro atoms. The van der Waals surface area contributed by atoms with Crippen LogP contribution >= 0.6 is 0 Å². The van der Waals surface area contributed by atoms with Crippen LogP contribution in [0.3, 0.4) is 0 Å². The molecule has 0 aliphatic carbocycles. The molecule has 1 heterocycles. The molecule has 1 aliphatic rings. The van der Waals surface area contributed by atoms with Gasteiger partial charge >= 0.3 is 11.9 Å². The summed E-state index contributed by atoms with van der Waals surface area (Å²) in [5.74, 6) is -3.10. The lowest BCUT2D eigenvalue weighted by Gasteiger charge is -2.00. The van der Waals surface area contributed by atoms with Crippen molar-refractivity contribution in [3.8, 4) is 0 Å². The van der Waals surface area contributed by atoms with E-state index in [9.17, 15) is 19.5 Å². The number of carbonyl (C=O) groups excluding carboxylic acids is 3. The topological polar surface area (TPSA) is 83.5 Å².